The fourth-order valence-electron chi connectivity index (χ4n) is 3.15. The molecule has 2 aliphatic carbocycles. The highest BCUT2D eigenvalue weighted by molar-refractivity contribution is 7.73. The molecular weight excluding hydrogens is 422 g/mol. The molecule has 0 amide bonds. The molecule has 1 atom stereocenters. The van der Waals surface area contributed by atoms with E-state index in [-0.39, 0.29) is 33.6 Å². The van der Waals surface area contributed by atoms with E-state index >= 15 is 0 Å². The molecule has 0 aromatic carbocycles. The number of ether oxygens (including phenoxy) is 2. The monoisotopic (exact) mass is 439 g/mol. The van der Waals surface area contributed by atoms with E-state index in [9.17, 15) is 18.0 Å². The molecule has 0 aliphatic heterocycles. The zero-order chi connectivity index (χ0) is 21.1. The molecule has 0 N–H and O–H groups in total. The normalized spacial score (nSPS) is 19.8. The lowest BCUT2D eigenvalue weighted by molar-refractivity contribution is -0.135. The van der Waals surface area contributed by atoms with E-state index in [2.05, 4.69) is 5.16 Å². The summed E-state index contributed by atoms with van der Waals surface area (Å²) in [5.74, 6) is -0.988. The van der Waals surface area contributed by atoms with Gasteiger partial charge in [0.05, 0.1) is 15.5 Å². The van der Waals surface area contributed by atoms with Crippen molar-refractivity contribution in [2.45, 2.75) is 32.8 Å². The average Bonchev–Trinajstić information content (AvgIpc) is 3.10. The van der Waals surface area contributed by atoms with E-state index in [0.717, 1.165) is 0 Å². The van der Waals surface area contributed by atoms with Crippen LogP contribution in [0.1, 0.15) is 37.6 Å². The first-order valence-corrected chi connectivity index (χ1v) is 10.3. The van der Waals surface area contributed by atoms with Crippen LogP contribution < -0.4 is 0 Å². The summed E-state index contributed by atoms with van der Waals surface area (Å²) < 4.78 is 38.9. The van der Waals surface area contributed by atoms with Crippen molar-refractivity contribution in [3.63, 3.8) is 0 Å². The minimum absolute atomic E-state index is 0.0108. The molecule has 0 saturated carbocycles. The van der Waals surface area contributed by atoms with Gasteiger partial charge < -0.3 is 14.0 Å². The highest BCUT2D eigenvalue weighted by Gasteiger charge is 2.33. The molecule has 0 fully saturated rings. The van der Waals surface area contributed by atoms with Gasteiger partial charge >= 0.3 is 5.97 Å². The van der Waals surface area contributed by atoms with Crippen molar-refractivity contribution in [2.24, 2.45) is 5.92 Å². The van der Waals surface area contributed by atoms with Gasteiger partial charge in [-0.15, -0.1) is 0 Å². The third kappa shape index (κ3) is 4.58. The number of hydrogen-bond donors (Lipinski definition) is 0. The van der Waals surface area contributed by atoms with Gasteiger partial charge in [-0.05, 0) is 12.5 Å². The maximum absolute atomic E-state index is 12.7. The Labute approximate surface area is 173 Å². The Balaban J connectivity index is 2.03. The van der Waals surface area contributed by atoms with Crippen LogP contribution >= 0.6 is 11.6 Å². The lowest BCUT2D eigenvalue weighted by Gasteiger charge is -2.22. The number of carbonyl (C=O) groups is 2. The minimum Gasteiger partial charge on any atom is -0.427 e. The summed E-state index contributed by atoms with van der Waals surface area (Å²) in [6, 6.07) is 1.57. The molecule has 0 radical (unpaired) electrons. The second-order valence-corrected chi connectivity index (χ2v) is 7.89. The Morgan fingerprint density at radius 1 is 1.34 bits per heavy atom. The standard InChI is InChI=1S/C19H18ClNO7S/c1-10-16(29(24)25)8-14(19(23)27-12-5-3-4-11(22)6-12)18(20)17(10)15-7-13(9-26-2)28-21-15/h6-8,10H,3-5,9H2,1-2H3. The second kappa shape index (κ2) is 8.89. The Kier molecular flexibility index (Phi) is 6.51. The smallest absolute Gasteiger partial charge is 0.344 e. The number of aromatic nitrogens is 1. The van der Waals surface area contributed by atoms with Gasteiger partial charge in [0.15, 0.2) is 11.5 Å². The van der Waals surface area contributed by atoms with Gasteiger partial charge in [-0.1, -0.05) is 23.7 Å². The SMILES string of the molecule is COCc1cc(C2=C(Cl)C(C(=O)OC3=CC(=O)CCC3)=CC(=S(=O)=O)C2C)no1. The summed E-state index contributed by atoms with van der Waals surface area (Å²) in [6.45, 7) is 1.80. The van der Waals surface area contributed by atoms with Crippen LogP contribution in [0.4, 0.5) is 0 Å². The summed E-state index contributed by atoms with van der Waals surface area (Å²) in [7, 11) is -1.11. The van der Waals surface area contributed by atoms with Gasteiger partial charge in [0, 0.05) is 43.6 Å². The summed E-state index contributed by atoms with van der Waals surface area (Å²) in [5, 5.41) is 3.94. The Hall–Kier alpha value is -2.49. The molecule has 0 bridgehead atoms. The third-order valence-corrected chi connectivity index (χ3v) is 5.81. The van der Waals surface area contributed by atoms with Gasteiger partial charge in [0.25, 0.3) is 0 Å². The van der Waals surface area contributed by atoms with Crippen molar-refractivity contribution in [1.82, 2.24) is 5.16 Å². The topological polar surface area (TPSA) is 113 Å². The molecule has 1 heterocycles. The predicted molar refractivity (Wildman–Crippen MR) is 104 cm³/mol. The van der Waals surface area contributed by atoms with Crippen molar-refractivity contribution in [1.29, 1.82) is 0 Å². The quantitative estimate of drug-likeness (QED) is 0.508. The number of methoxy groups -OCH3 is 1. The van der Waals surface area contributed by atoms with Crippen LogP contribution in [-0.4, -0.2) is 37.3 Å². The van der Waals surface area contributed by atoms with Crippen LogP contribution in [0.3, 0.4) is 0 Å². The van der Waals surface area contributed by atoms with E-state index in [4.69, 9.17) is 25.6 Å². The Morgan fingerprint density at radius 2 is 2.10 bits per heavy atom. The zero-order valence-electron chi connectivity index (χ0n) is 15.7. The maximum Gasteiger partial charge on any atom is 0.344 e. The second-order valence-electron chi connectivity index (χ2n) is 6.58. The van der Waals surface area contributed by atoms with Crippen LogP contribution in [0, 0.1) is 5.92 Å². The van der Waals surface area contributed by atoms with Gasteiger partial charge in [-0.3, -0.25) is 4.79 Å². The summed E-state index contributed by atoms with van der Waals surface area (Å²) in [5.41, 5.74) is 0.484. The molecule has 8 nitrogen and oxygen atoms in total. The van der Waals surface area contributed by atoms with E-state index in [1.54, 1.807) is 13.0 Å². The Morgan fingerprint density at radius 3 is 2.76 bits per heavy atom. The molecule has 1 unspecified atom stereocenters. The van der Waals surface area contributed by atoms with Crippen molar-refractivity contribution < 1.29 is 32.0 Å². The molecule has 10 heteroatoms. The molecule has 0 spiro atoms. The van der Waals surface area contributed by atoms with Crippen molar-refractivity contribution in [3.05, 3.63) is 46.0 Å². The van der Waals surface area contributed by atoms with Crippen LogP contribution in [-0.2, 0) is 36.0 Å². The Bertz CT molecular complexity index is 1080. The predicted octanol–water partition coefficient (Wildman–Crippen LogP) is 2.58. The van der Waals surface area contributed by atoms with E-state index < -0.39 is 22.2 Å². The van der Waals surface area contributed by atoms with Crippen molar-refractivity contribution in [3.8, 4) is 0 Å². The summed E-state index contributed by atoms with van der Waals surface area (Å²) >= 11 is 6.47. The number of esters is 1. The first-order valence-electron chi connectivity index (χ1n) is 8.80. The van der Waals surface area contributed by atoms with Crippen molar-refractivity contribution in [2.75, 3.05) is 7.11 Å². The van der Waals surface area contributed by atoms with Gasteiger partial charge in [0.1, 0.15) is 18.1 Å². The number of carbonyl (C=O) groups excluding carboxylic acids is 2. The zero-order valence-corrected chi connectivity index (χ0v) is 17.3. The van der Waals surface area contributed by atoms with E-state index in [0.29, 0.717) is 36.3 Å². The third-order valence-electron chi connectivity index (χ3n) is 4.55. The molecule has 1 aromatic heterocycles. The fraction of sp³-hybridized carbons (Fsp3) is 0.368. The van der Waals surface area contributed by atoms with Crippen LogP contribution in [0.2, 0.25) is 0 Å². The number of rotatable bonds is 5. The molecule has 154 valence electrons. The maximum atomic E-state index is 12.7. The van der Waals surface area contributed by atoms with Crippen molar-refractivity contribution >= 4 is 44.1 Å². The fourth-order valence-corrected chi connectivity index (χ4v) is 4.16. The van der Waals surface area contributed by atoms with Gasteiger partial charge in [0.2, 0.25) is 10.3 Å². The first kappa shape index (κ1) is 21.2. The number of halogens is 1. The molecule has 1 aromatic rings. The van der Waals surface area contributed by atoms with Crippen LogP contribution in [0.5, 0.6) is 0 Å². The first-order chi connectivity index (χ1) is 13.8. The lowest BCUT2D eigenvalue weighted by Crippen LogP contribution is -2.22. The van der Waals surface area contributed by atoms with E-state index in [1.165, 1.54) is 19.3 Å². The highest BCUT2D eigenvalue weighted by Crippen LogP contribution is 2.38. The molecule has 0 saturated heterocycles. The van der Waals surface area contributed by atoms with E-state index in [1.807, 2.05) is 0 Å². The van der Waals surface area contributed by atoms with Gasteiger partial charge in [-0.25, -0.2) is 4.79 Å². The molecule has 3 rings (SSSR count). The van der Waals surface area contributed by atoms with Crippen LogP contribution in [0.25, 0.3) is 5.57 Å². The summed E-state index contributed by atoms with van der Waals surface area (Å²) in [6.07, 6.45) is 3.87. The molecular formula is C19H18ClNO7S. The minimum atomic E-state index is -2.60. The molecule has 29 heavy (non-hydrogen) atoms. The number of nitrogens with zero attached hydrogens (tertiary/aromatic N) is 1. The average molecular weight is 440 g/mol. The molecule has 2 aliphatic rings. The van der Waals surface area contributed by atoms with Gasteiger partial charge in [-0.2, -0.15) is 8.42 Å². The number of allylic oxidation sites excluding steroid dienone is 4. The number of hydrogen-bond acceptors (Lipinski definition) is 8. The lowest BCUT2D eigenvalue weighted by atomic mass is 9.87. The summed E-state index contributed by atoms with van der Waals surface area (Å²) in [4.78, 5) is 24.2. The largest absolute Gasteiger partial charge is 0.427 e. The van der Waals surface area contributed by atoms with Crippen LogP contribution in [0.15, 0.2) is 39.1 Å². The highest BCUT2D eigenvalue weighted by atomic mass is 35.5. The number of ketones is 1.